The highest BCUT2D eigenvalue weighted by molar-refractivity contribution is 9.10. The summed E-state index contributed by atoms with van der Waals surface area (Å²) in [6.45, 7) is 1.94. The maximum atomic E-state index is 12.6. The fraction of sp³-hybridized carbons (Fsp3) is 0.375. The van der Waals surface area contributed by atoms with Gasteiger partial charge in [-0.25, -0.2) is 4.90 Å². The average molecular weight is 350 g/mol. The molecule has 3 unspecified atom stereocenters. The largest absolute Gasteiger partial charge is 0.365 e. The molecule has 21 heavy (non-hydrogen) atoms. The Morgan fingerprint density at radius 1 is 1.10 bits per heavy atom. The summed E-state index contributed by atoms with van der Waals surface area (Å²) >= 11 is 3.43. The summed E-state index contributed by atoms with van der Waals surface area (Å²) in [7, 11) is 0. The summed E-state index contributed by atoms with van der Waals surface area (Å²) in [5.41, 5.74) is 1.65. The number of anilines is 1. The van der Waals surface area contributed by atoms with Crippen LogP contribution in [0.25, 0.3) is 0 Å². The van der Waals surface area contributed by atoms with Gasteiger partial charge >= 0.3 is 0 Å². The normalized spacial score (nSPS) is 32.6. The molecule has 2 bridgehead atoms. The number of nitrogens with zero attached hydrogens (tertiary/aromatic N) is 1. The van der Waals surface area contributed by atoms with Crippen molar-refractivity contribution in [3.63, 3.8) is 0 Å². The standard InChI is InChI=1S/C15H12BrNO3.CH4/c1-7-6-8(2-3-9(7)16)17-14(18)12-10-4-5-11(20-10)13(12)15(17)19;/h2-6,10-13H,1H3;1H4/t10?,11?,12-,13?;/m1./s1. The molecule has 4 atom stereocenters. The number of aryl methyl sites for hydroxylation is 1. The van der Waals surface area contributed by atoms with E-state index >= 15 is 0 Å². The summed E-state index contributed by atoms with van der Waals surface area (Å²) in [6.07, 6.45) is 3.33. The minimum Gasteiger partial charge on any atom is -0.365 e. The molecule has 3 aliphatic rings. The van der Waals surface area contributed by atoms with E-state index in [1.165, 1.54) is 4.90 Å². The van der Waals surface area contributed by atoms with Gasteiger partial charge in [0.15, 0.2) is 0 Å². The monoisotopic (exact) mass is 349 g/mol. The zero-order chi connectivity index (χ0) is 14.0. The molecule has 2 amide bonds. The summed E-state index contributed by atoms with van der Waals surface area (Å²) in [5, 5.41) is 0. The van der Waals surface area contributed by atoms with Crippen molar-refractivity contribution < 1.29 is 14.3 Å². The Kier molecular flexibility index (Phi) is 3.30. The van der Waals surface area contributed by atoms with Crippen molar-refractivity contribution in [1.29, 1.82) is 0 Å². The van der Waals surface area contributed by atoms with Crippen LogP contribution in [0.3, 0.4) is 0 Å². The minimum atomic E-state index is -0.346. The van der Waals surface area contributed by atoms with Crippen molar-refractivity contribution in [2.75, 3.05) is 4.90 Å². The summed E-state index contributed by atoms with van der Waals surface area (Å²) in [5.74, 6) is -0.972. The lowest BCUT2D eigenvalue weighted by atomic mass is 9.85. The zero-order valence-electron chi connectivity index (χ0n) is 10.7. The van der Waals surface area contributed by atoms with Crippen molar-refractivity contribution in [3.8, 4) is 0 Å². The van der Waals surface area contributed by atoms with E-state index < -0.39 is 0 Å². The molecule has 4 rings (SSSR count). The van der Waals surface area contributed by atoms with Crippen LogP contribution < -0.4 is 4.90 Å². The van der Waals surface area contributed by atoms with Crippen LogP contribution in [-0.4, -0.2) is 24.0 Å². The van der Waals surface area contributed by atoms with E-state index in [1.54, 1.807) is 6.07 Å². The van der Waals surface area contributed by atoms with E-state index in [9.17, 15) is 9.59 Å². The first-order chi connectivity index (χ1) is 9.58. The first kappa shape index (κ1) is 14.5. The average Bonchev–Trinajstić information content (AvgIpc) is 3.08. The van der Waals surface area contributed by atoms with Crippen LogP contribution in [-0.2, 0) is 14.3 Å². The number of carbonyl (C=O) groups is 2. The smallest absolute Gasteiger partial charge is 0.240 e. The number of rotatable bonds is 1. The third kappa shape index (κ3) is 1.84. The van der Waals surface area contributed by atoms with Crippen molar-refractivity contribution >= 4 is 33.4 Å². The fourth-order valence-electron chi connectivity index (χ4n) is 3.33. The molecule has 0 saturated carbocycles. The molecule has 0 radical (unpaired) electrons. The Hall–Kier alpha value is -1.46. The minimum absolute atomic E-state index is 0. The van der Waals surface area contributed by atoms with Gasteiger partial charge in [-0.05, 0) is 30.7 Å². The van der Waals surface area contributed by atoms with Crippen molar-refractivity contribution in [1.82, 2.24) is 0 Å². The van der Waals surface area contributed by atoms with Crippen LogP contribution in [0.15, 0.2) is 34.8 Å². The van der Waals surface area contributed by atoms with E-state index in [0.717, 1.165) is 10.0 Å². The second kappa shape index (κ2) is 4.78. The van der Waals surface area contributed by atoms with Gasteiger partial charge in [-0.2, -0.15) is 0 Å². The first-order valence-corrected chi connectivity index (χ1v) is 7.35. The second-order valence-electron chi connectivity index (χ2n) is 5.45. The Balaban J connectivity index is 0.00000132. The number of benzene rings is 1. The molecule has 1 aromatic carbocycles. The number of carbonyl (C=O) groups excluding carboxylic acids is 2. The summed E-state index contributed by atoms with van der Waals surface area (Å²) < 4.78 is 6.58. The molecule has 0 aromatic heterocycles. The molecule has 110 valence electrons. The van der Waals surface area contributed by atoms with Crippen LogP contribution in [0.5, 0.6) is 0 Å². The molecule has 3 heterocycles. The van der Waals surface area contributed by atoms with Gasteiger partial charge < -0.3 is 4.74 Å². The topological polar surface area (TPSA) is 46.6 Å². The van der Waals surface area contributed by atoms with Gasteiger partial charge in [0.1, 0.15) is 0 Å². The Labute approximate surface area is 131 Å². The molecule has 0 aliphatic carbocycles. The summed E-state index contributed by atoms with van der Waals surface area (Å²) in [4.78, 5) is 26.5. The maximum Gasteiger partial charge on any atom is 0.240 e. The highest BCUT2D eigenvalue weighted by Crippen LogP contribution is 2.46. The molecular weight excluding hydrogens is 334 g/mol. The molecular formula is C16H16BrNO3. The highest BCUT2D eigenvalue weighted by Gasteiger charge is 2.60. The predicted octanol–water partition coefficient (Wildman–Crippen LogP) is 2.84. The van der Waals surface area contributed by atoms with E-state index in [0.29, 0.717) is 5.69 Å². The lowest BCUT2D eigenvalue weighted by molar-refractivity contribution is -0.124. The van der Waals surface area contributed by atoms with Gasteiger partial charge in [0.05, 0.1) is 29.7 Å². The van der Waals surface area contributed by atoms with Gasteiger partial charge in [-0.3, -0.25) is 9.59 Å². The number of ether oxygens (including phenoxy) is 1. The van der Waals surface area contributed by atoms with Crippen molar-refractivity contribution in [2.24, 2.45) is 11.8 Å². The third-order valence-corrected chi connectivity index (χ3v) is 5.20. The Morgan fingerprint density at radius 3 is 2.19 bits per heavy atom. The number of fused-ring (bicyclic) bond motifs is 5. The first-order valence-electron chi connectivity index (χ1n) is 6.55. The molecule has 4 nitrogen and oxygen atoms in total. The molecule has 1 aromatic rings. The second-order valence-corrected chi connectivity index (χ2v) is 6.30. The number of hydrogen-bond donors (Lipinski definition) is 0. The molecule has 2 fully saturated rings. The van der Waals surface area contributed by atoms with Gasteiger partial charge in [0.25, 0.3) is 0 Å². The van der Waals surface area contributed by atoms with E-state index in [4.69, 9.17) is 4.74 Å². The van der Waals surface area contributed by atoms with Crippen LogP contribution in [0.1, 0.15) is 13.0 Å². The van der Waals surface area contributed by atoms with Gasteiger partial charge in [0, 0.05) is 4.47 Å². The van der Waals surface area contributed by atoms with Crippen molar-refractivity contribution in [3.05, 3.63) is 40.4 Å². The van der Waals surface area contributed by atoms with E-state index in [2.05, 4.69) is 15.9 Å². The van der Waals surface area contributed by atoms with Crippen LogP contribution in [0.2, 0.25) is 0 Å². The lowest BCUT2D eigenvalue weighted by Crippen LogP contribution is -2.34. The molecule has 2 saturated heterocycles. The molecule has 0 N–H and O–H groups in total. The number of amides is 2. The lowest BCUT2D eigenvalue weighted by Gasteiger charge is -2.18. The van der Waals surface area contributed by atoms with Gasteiger partial charge in [-0.15, -0.1) is 0 Å². The molecule has 5 heteroatoms. The zero-order valence-corrected chi connectivity index (χ0v) is 12.3. The molecule has 0 spiro atoms. The van der Waals surface area contributed by atoms with E-state index in [-0.39, 0.29) is 43.3 Å². The highest BCUT2D eigenvalue weighted by atomic mass is 79.9. The van der Waals surface area contributed by atoms with Gasteiger partial charge in [-0.1, -0.05) is 35.5 Å². The van der Waals surface area contributed by atoms with Crippen molar-refractivity contribution in [2.45, 2.75) is 26.6 Å². The van der Waals surface area contributed by atoms with Crippen LogP contribution >= 0.6 is 15.9 Å². The van der Waals surface area contributed by atoms with E-state index in [1.807, 2.05) is 31.2 Å². The predicted molar refractivity (Wildman–Crippen MR) is 82.9 cm³/mol. The SMILES string of the molecule is C.Cc1cc(N2C(=O)C3C4C=CC(O4)[C@H]3C2=O)ccc1Br. The summed E-state index contributed by atoms with van der Waals surface area (Å²) in [6, 6.07) is 5.52. The Bertz CT molecular complexity index is 639. The quantitative estimate of drug-likeness (QED) is 0.578. The Morgan fingerprint density at radius 2 is 1.67 bits per heavy atom. The molecule has 3 aliphatic heterocycles. The number of hydrogen-bond acceptors (Lipinski definition) is 3. The fourth-order valence-corrected chi connectivity index (χ4v) is 3.57. The van der Waals surface area contributed by atoms with Crippen LogP contribution in [0, 0.1) is 18.8 Å². The number of halogens is 1. The third-order valence-electron chi connectivity index (χ3n) is 4.31. The maximum absolute atomic E-state index is 12.6. The van der Waals surface area contributed by atoms with Crippen LogP contribution in [0.4, 0.5) is 5.69 Å². The number of imide groups is 1. The van der Waals surface area contributed by atoms with Gasteiger partial charge in [0.2, 0.25) is 11.8 Å².